The average Bonchev–Trinajstić information content (AvgIpc) is 2.37. The van der Waals surface area contributed by atoms with E-state index in [-0.39, 0.29) is 6.10 Å². The zero-order valence-corrected chi connectivity index (χ0v) is 9.37. The number of ether oxygens (including phenoxy) is 2. The molecule has 1 unspecified atom stereocenters. The van der Waals surface area contributed by atoms with Crippen LogP contribution < -0.4 is 0 Å². The Kier molecular flexibility index (Phi) is 4.06. The normalized spacial score (nSPS) is 37.7. The van der Waals surface area contributed by atoms with E-state index in [2.05, 4.69) is 0 Å². The predicted octanol–water partition coefficient (Wildman–Crippen LogP) is -0.159. The van der Waals surface area contributed by atoms with Crippen LogP contribution in [-0.4, -0.2) is 46.4 Å². The third-order valence-corrected chi connectivity index (χ3v) is 2.81. The van der Waals surface area contributed by atoms with E-state index in [0.717, 1.165) is 5.82 Å². The minimum atomic E-state index is -4.21. The standard InChI is InChI=1S/C8H15O6P/c1-5-8(13-2)7(9)6(14-5)3-4-15(10,11)12/h3-9H,1-2H3,(H2,10,11,12)/b4-3-/t5-,6+,7?,8+/m0/s1. The Labute approximate surface area is 87.7 Å². The van der Waals surface area contributed by atoms with E-state index in [1.807, 2.05) is 0 Å². The number of methoxy groups -OCH3 is 1. The summed E-state index contributed by atoms with van der Waals surface area (Å²) >= 11 is 0. The number of hydrogen-bond acceptors (Lipinski definition) is 4. The van der Waals surface area contributed by atoms with Crippen molar-refractivity contribution in [2.75, 3.05) is 7.11 Å². The maximum absolute atomic E-state index is 10.6. The van der Waals surface area contributed by atoms with Crippen molar-refractivity contribution in [2.24, 2.45) is 0 Å². The molecule has 1 rings (SSSR count). The molecule has 0 saturated carbocycles. The largest absolute Gasteiger partial charge is 0.387 e. The van der Waals surface area contributed by atoms with Crippen molar-refractivity contribution >= 4 is 7.60 Å². The van der Waals surface area contributed by atoms with Crippen LogP contribution in [-0.2, 0) is 14.0 Å². The van der Waals surface area contributed by atoms with Crippen LogP contribution in [0.2, 0.25) is 0 Å². The highest BCUT2D eigenvalue weighted by Gasteiger charge is 2.40. The number of aliphatic hydroxyl groups is 1. The molecular formula is C8H15O6P. The van der Waals surface area contributed by atoms with Gasteiger partial charge < -0.3 is 24.4 Å². The highest BCUT2D eigenvalue weighted by atomic mass is 31.2. The smallest absolute Gasteiger partial charge is 0.348 e. The van der Waals surface area contributed by atoms with Gasteiger partial charge in [0.25, 0.3) is 0 Å². The molecule has 4 atom stereocenters. The lowest BCUT2D eigenvalue weighted by Crippen LogP contribution is -2.32. The molecule has 0 aromatic rings. The van der Waals surface area contributed by atoms with Crippen LogP contribution in [0.1, 0.15) is 6.92 Å². The molecule has 0 aromatic carbocycles. The second-order valence-electron chi connectivity index (χ2n) is 3.43. The molecule has 1 saturated heterocycles. The summed E-state index contributed by atoms with van der Waals surface area (Å²) in [6.07, 6.45) is -1.26. The third kappa shape index (κ3) is 3.38. The lowest BCUT2D eigenvalue weighted by Gasteiger charge is -2.14. The molecule has 1 aliphatic heterocycles. The molecule has 3 N–H and O–H groups in total. The van der Waals surface area contributed by atoms with E-state index in [1.165, 1.54) is 13.2 Å². The maximum Gasteiger partial charge on any atom is 0.348 e. The molecule has 0 spiro atoms. The Morgan fingerprint density at radius 1 is 1.47 bits per heavy atom. The van der Waals surface area contributed by atoms with Crippen molar-refractivity contribution in [2.45, 2.75) is 31.3 Å². The maximum atomic E-state index is 10.6. The van der Waals surface area contributed by atoms with Crippen LogP contribution in [0.3, 0.4) is 0 Å². The quantitative estimate of drug-likeness (QED) is 0.591. The van der Waals surface area contributed by atoms with Gasteiger partial charge in [0.15, 0.2) is 0 Å². The summed E-state index contributed by atoms with van der Waals surface area (Å²) in [4.78, 5) is 17.2. The van der Waals surface area contributed by atoms with Crippen molar-refractivity contribution in [3.05, 3.63) is 11.9 Å². The first kappa shape index (κ1) is 12.8. The first-order valence-corrected chi connectivity index (χ1v) is 6.14. The topological polar surface area (TPSA) is 96.2 Å². The van der Waals surface area contributed by atoms with E-state index in [9.17, 15) is 9.67 Å². The van der Waals surface area contributed by atoms with Crippen LogP contribution in [0.25, 0.3) is 0 Å². The summed E-state index contributed by atoms with van der Waals surface area (Å²) in [6.45, 7) is 1.72. The Bertz CT molecular complexity index is 285. The summed E-state index contributed by atoms with van der Waals surface area (Å²) in [6, 6.07) is 0. The lowest BCUT2D eigenvalue weighted by molar-refractivity contribution is -0.00362. The van der Waals surface area contributed by atoms with Crippen molar-refractivity contribution in [3.8, 4) is 0 Å². The van der Waals surface area contributed by atoms with Crippen LogP contribution >= 0.6 is 7.60 Å². The fourth-order valence-electron chi connectivity index (χ4n) is 1.56. The number of aliphatic hydroxyl groups excluding tert-OH is 1. The Morgan fingerprint density at radius 3 is 2.47 bits per heavy atom. The molecule has 15 heavy (non-hydrogen) atoms. The summed E-state index contributed by atoms with van der Waals surface area (Å²) in [5.41, 5.74) is 0. The van der Waals surface area contributed by atoms with E-state index in [0.29, 0.717) is 0 Å². The molecule has 88 valence electrons. The van der Waals surface area contributed by atoms with Gasteiger partial charge >= 0.3 is 7.60 Å². The molecule has 0 aromatic heterocycles. The van der Waals surface area contributed by atoms with Crippen molar-refractivity contribution in [1.29, 1.82) is 0 Å². The van der Waals surface area contributed by atoms with Gasteiger partial charge in [-0.1, -0.05) is 0 Å². The zero-order valence-electron chi connectivity index (χ0n) is 8.48. The van der Waals surface area contributed by atoms with E-state index < -0.39 is 25.9 Å². The van der Waals surface area contributed by atoms with Gasteiger partial charge in [-0.15, -0.1) is 0 Å². The first-order valence-electron chi connectivity index (χ1n) is 4.46. The fourth-order valence-corrected chi connectivity index (χ4v) is 1.95. The SMILES string of the molecule is CO[C@H]1C(O)[C@@H](/C=C\P(=O)(O)O)O[C@H]1C. The highest BCUT2D eigenvalue weighted by Crippen LogP contribution is 2.37. The first-order chi connectivity index (χ1) is 6.85. The molecule has 6 nitrogen and oxygen atoms in total. The van der Waals surface area contributed by atoms with Gasteiger partial charge in [-0.2, -0.15) is 0 Å². The molecular weight excluding hydrogens is 223 g/mol. The van der Waals surface area contributed by atoms with Crippen LogP contribution in [0.15, 0.2) is 11.9 Å². The van der Waals surface area contributed by atoms with Crippen molar-refractivity contribution in [3.63, 3.8) is 0 Å². The minimum absolute atomic E-state index is 0.309. The summed E-state index contributed by atoms with van der Waals surface area (Å²) < 4.78 is 20.8. The molecule has 0 radical (unpaired) electrons. The Balaban J connectivity index is 2.67. The average molecular weight is 238 g/mol. The van der Waals surface area contributed by atoms with Gasteiger partial charge in [0.05, 0.1) is 6.10 Å². The van der Waals surface area contributed by atoms with Crippen LogP contribution in [0, 0.1) is 0 Å². The van der Waals surface area contributed by atoms with Crippen molar-refractivity contribution < 1.29 is 28.9 Å². The van der Waals surface area contributed by atoms with Gasteiger partial charge in [-0.3, -0.25) is 4.57 Å². The van der Waals surface area contributed by atoms with Crippen LogP contribution in [0.4, 0.5) is 0 Å². The molecule has 0 bridgehead atoms. The van der Waals surface area contributed by atoms with Gasteiger partial charge in [0, 0.05) is 12.9 Å². The predicted molar refractivity (Wildman–Crippen MR) is 52.3 cm³/mol. The summed E-state index contributed by atoms with van der Waals surface area (Å²) in [5, 5.41) is 9.66. The van der Waals surface area contributed by atoms with Gasteiger partial charge in [0.2, 0.25) is 0 Å². The summed E-state index contributed by atoms with van der Waals surface area (Å²) in [7, 11) is -2.76. The van der Waals surface area contributed by atoms with Crippen molar-refractivity contribution in [1.82, 2.24) is 0 Å². The lowest BCUT2D eigenvalue weighted by atomic mass is 10.1. The minimum Gasteiger partial charge on any atom is -0.387 e. The van der Waals surface area contributed by atoms with Crippen LogP contribution in [0.5, 0.6) is 0 Å². The molecule has 7 heteroatoms. The van der Waals surface area contributed by atoms with Gasteiger partial charge in [-0.05, 0) is 13.0 Å². The summed E-state index contributed by atoms with van der Waals surface area (Å²) in [5.74, 6) is 0.728. The second kappa shape index (κ2) is 4.74. The van der Waals surface area contributed by atoms with E-state index >= 15 is 0 Å². The number of rotatable bonds is 3. The monoisotopic (exact) mass is 238 g/mol. The Hall–Kier alpha value is -0.230. The molecule has 1 heterocycles. The molecule has 1 aliphatic rings. The molecule has 1 fully saturated rings. The van der Waals surface area contributed by atoms with E-state index in [1.54, 1.807) is 6.92 Å². The fraction of sp³-hybridized carbons (Fsp3) is 0.750. The molecule has 0 amide bonds. The number of hydrogen-bond donors (Lipinski definition) is 3. The molecule has 0 aliphatic carbocycles. The van der Waals surface area contributed by atoms with Gasteiger partial charge in [-0.25, -0.2) is 0 Å². The van der Waals surface area contributed by atoms with Gasteiger partial charge in [0.1, 0.15) is 18.3 Å². The highest BCUT2D eigenvalue weighted by molar-refractivity contribution is 7.55. The zero-order chi connectivity index (χ0) is 11.6. The van der Waals surface area contributed by atoms with E-state index in [4.69, 9.17) is 19.3 Å². The third-order valence-electron chi connectivity index (χ3n) is 2.25. The Morgan fingerprint density at radius 2 is 2.07 bits per heavy atom. The second-order valence-corrected chi connectivity index (χ2v) is 4.90.